The van der Waals surface area contributed by atoms with Crippen LogP contribution in [0.2, 0.25) is 5.02 Å². The van der Waals surface area contributed by atoms with Crippen LogP contribution in [0.3, 0.4) is 0 Å². The van der Waals surface area contributed by atoms with E-state index in [1.54, 1.807) is 0 Å². The number of ether oxygens (including phenoxy) is 1. The van der Waals surface area contributed by atoms with Gasteiger partial charge in [-0.05, 0) is 30.7 Å². The van der Waals surface area contributed by atoms with Crippen molar-refractivity contribution in [2.45, 2.75) is 20.0 Å². The SMILES string of the molecule is Cc1ccc(CC(=O)Nc2ccc(OC(F)F)c(Cl)c2)cc1. The van der Waals surface area contributed by atoms with E-state index in [2.05, 4.69) is 10.1 Å². The maximum absolute atomic E-state index is 12.1. The van der Waals surface area contributed by atoms with Gasteiger partial charge in [0, 0.05) is 5.69 Å². The molecule has 0 fully saturated rings. The van der Waals surface area contributed by atoms with Crippen molar-refractivity contribution < 1.29 is 18.3 Å². The Morgan fingerprint density at radius 3 is 2.50 bits per heavy atom. The summed E-state index contributed by atoms with van der Waals surface area (Å²) in [5.74, 6) is -0.351. The predicted octanol–water partition coefficient (Wildman–Crippen LogP) is 4.43. The molecule has 2 aromatic rings. The van der Waals surface area contributed by atoms with Gasteiger partial charge in [0.2, 0.25) is 5.91 Å². The first-order chi connectivity index (χ1) is 10.4. The molecule has 0 radical (unpaired) electrons. The van der Waals surface area contributed by atoms with Crippen LogP contribution in [0.1, 0.15) is 11.1 Å². The number of carbonyl (C=O) groups excluding carboxylic acids is 1. The van der Waals surface area contributed by atoms with Crippen LogP contribution in [0.25, 0.3) is 0 Å². The molecule has 0 aliphatic carbocycles. The minimum atomic E-state index is -2.94. The van der Waals surface area contributed by atoms with Gasteiger partial charge in [-0.1, -0.05) is 41.4 Å². The average Bonchev–Trinajstić information content (AvgIpc) is 2.44. The topological polar surface area (TPSA) is 38.3 Å². The summed E-state index contributed by atoms with van der Waals surface area (Å²) in [4.78, 5) is 11.9. The summed E-state index contributed by atoms with van der Waals surface area (Å²) in [6.07, 6.45) is 0.215. The number of amides is 1. The van der Waals surface area contributed by atoms with E-state index < -0.39 is 6.61 Å². The molecule has 116 valence electrons. The smallest absolute Gasteiger partial charge is 0.387 e. The van der Waals surface area contributed by atoms with Crippen molar-refractivity contribution >= 4 is 23.2 Å². The van der Waals surface area contributed by atoms with Crippen molar-refractivity contribution in [1.29, 1.82) is 0 Å². The molecule has 22 heavy (non-hydrogen) atoms. The number of hydrogen-bond acceptors (Lipinski definition) is 2. The summed E-state index contributed by atoms with van der Waals surface area (Å²) in [5.41, 5.74) is 2.42. The van der Waals surface area contributed by atoms with Crippen molar-refractivity contribution in [2.24, 2.45) is 0 Å². The number of halogens is 3. The maximum atomic E-state index is 12.1. The van der Waals surface area contributed by atoms with Crippen LogP contribution in [0.15, 0.2) is 42.5 Å². The van der Waals surface area contributed by atoms with E-state index in [9.17, 15) is 13.6 Å². The molecular weight excluding hydrogens is 312 g/mol. The minimum absolute atomic E-state index is 0.00781. The number of benzene rings is 2. The van der Waals surface area contributed by atoms with E-state index in [0.717, 1.165) is 11.1 Å². The van der Waals surface area contributed by atoms with Gasteiger partial charge in [0.1, 0.15) is 5.75 Å². The highest BCUT2D eigenvalue weighted by Crippen LogP contribution is 2.28. The molecule has 0 saturated carbocycles. The molecule has 0 unspecified atom stereocenters. The summed E-state index contributed by atoms with van der Waals surface area (Å²) in [6.45, 7) is -0.978. The molecule has 0 heterocycles. The van der Waals surface area contributed by atoms with E-state index in [4.69, 9.17) is 11.6 Å². The Bertz CT molecular complexity index is 660. The maximum Gasteiger partial charge on any atom is 0.387 e. The van der Waals surface area contributed by atoms with Crippen LogP contribution in [0, 0.1) is 6.92 Å². The first-order valence-corrected chi connectivity index (χ1v) is 6.91. The Morgan fingerprint density at radius 1 is 1.23 bits per heavy atom. The van der Waals surface area contributed by atoms with Gasteiger partial charge >= 0.3 is 6.61 Å². The largest absolute Gasteiger partial charge is 0.433 e. The van der Waals surface area contributed by atoms with Gasteiger partial charge in [0.15, 0.2) is 0 Å². The number of carbonyl (C=O) groups is 1. The molecule has 0 saturated heterocycles. The van der Waals surface area contributed by atoms with Crippen molar-refractivity contribution in [3.05, 3.63) is 58.6 Å². The van der Waals surface area contributed by atoms with E-state index >= 15 is 0 Å². The molecule has 0 aromatic heterocycles. The lowest BCUT2D eigenvalue weighted by atomic mass is 10.1. The first-order valence-electron chi connectivity index (χ1n) is 6.54. The van der Waals surface area contributed by atoms with Crippen LogP contribution < -0.4 is 10.1 Å². The summed E-state index contributed by atoms with van der Waals surface area (Å²) in [7, 11) is 0. The number of hydrogen-bond donors (Lipinski definition) is 1. The first kappa shape index (κ1) is 16.2. The summed E-state index contributed by atoms with van der Waals surface area (Å²) in [5, 5.41) is 2.67. The number of aryl methyl sites for hydroxylation is 1. The standard InChI is InChI=1S/C16H14ClF2NO2/c1-10-2-4-11(5-3-10)8-15(21)20-12-6-7-14(13(17)9-12)22-16(18)19/h2-7,9,16H,8H2,1H3,(H,20,21). The van der Waals surface area contributed by atoms with Gasteiger partial charge in [-0.25, -0.2) is 0 Å². The number of anilines is 1. The van der Waals surface area contributed by atoms with E-state index in [-0.39, 0.29) is 23.1 Å². The Morgan fingerprint density at radius 2 is 1.91 bits per heavy atom. The highest BCUT2D eigenvalue weighted by molar-refractivity contribution is 6.32. The zero-order valence-electron chi connectivity index (χ0n) is 11.8. The molecule has 0 aliphatic heterocycles. The molecule has 3 nitrogen and oxygen atoms in total. The van der Waals surface area contributed by atoms with Crippen molar-refractivity contribution in [3.8, 4) is 5.75 Å². The zero-order valence-corrected chi connectivity index (χ0v) is 12.5. The van der Waals surface area contributed by atoms with E-state index in [1.165, 1.54) is 18.2 Å². The van der Waals surface area contributed by atoms with E-state index in [1.807, 2.05) is 31.2 Å². The van der Waals surface area contributed by atoms with Crippen molar-refractivity contribution in [1.82, 2.24) is 0 Å². The average molecular weight is 326 g/mol. The quantitative estimate of drug-likeness (QED) is 0.883. The Balaban J connectivity index is 1.99. The summed E-state index contributed by atoms with van der Waals surface area (Å²) in [6, 6.07) is 11.7. The Labute approximate surface area is 131 Å². The molecule has 1 amide bonds. The van der Waals surface area contributed by atoms with Gasteiger partial charge in [-0.15, -0.1) is 0 Å². The normalized spacial score (nSPS) is 10.6. The second kappa shape index (κ2) is 7.22. The monoisotopic (exact) mass is 325 g/mol. The Kier molecular flexibility index (Phi) is 5.33. The fourth-order valence-corrected chi connectivity index (χ4v) is 2.09. The lowest BCUT2D eigenvalue weighted by Gasteiger charge is -2.09. The fraction of sp³-hybridized carbons (Fsp3) is 0.188. The van der Waals surface area contributed by atoms with Gasteiger partial charge in [-0.2, -0.15) is 8.78 Å². The van der Waals surface area contributed by atoms with Gasteiger partial charge in [0.05, 0.1) is 11.4 Å². The second-order valence-electron chi connectivity index (χ2n) is 4.73. The van der Waals surface area contributed by atoms with Crippen LogP contribution in [-0.4, -0.2) is 12.5 Å². The van der Waals surface area contributed by atoms with Crippen LogP contribution in [0.5, 0.6) is 5.75 Å². The second-order valence-corrected chi connectivity index (χ2v) is 5.14. The zero-order chi connectivity index (χ0) is 16.1. The van der Waals surface area contributed by atoms with Gasteiger partial charge in [0.25, 0.3) is 0 Å². The lowest BCUT2D eigenvalue weighted by molar-refractivity contribution is -0.115. The molecule has 0 spiro atoms. The van der Waals surface area contributed by atoms with Crippen LogP contribution in [0.4, 0.5) is 14.5 Å². The predicted molar refractivity (Wildman–Crippen MR) is 81.6 cm³/mol. The molecule has 0 atom stereocenters. The van der Waals surface area contributed by atoms with Crippen LogP contribution >= 0.6 is 11.6 Å². The summed E-state index contributed by atoms with van der Waals surface area (Å²) >= 11 is 5.82. The third kappa shape index (κ3) is 4.70. The molecular formula is C16H14ClF2NO2. The number of alkyl halides is 2. The highest BCUT2D eigenvalue weighted by Gasteiger charge is 2.10. The van der Waals surface area contributed by atoms with Crippen molar-refractivity contribution in [3.63, 3.8) is 0 Å². The van der Waals surface area contributed by atoms with Gasteiger partial charge in [-0.3, -0.25) is 4.79 Å². The molecule has 1 N–H and O–H groups in total. The third-order valence-corrected chi connectivity index (χ3v) is 3.21. The Hall–Kier alpha value is -2.14. The lowest BCUT2D eigenvalue weighted by Crippen LogP contribution is -2.14. The van der Waals surface area contributed by atoms with Gasteiger partial charge < -0.3 is 10.1 Å². The third-order valence-electron chi connectivity index (χ3n) is 2.92. The number of nitrogens with one attached hydrogen (secondary N) is 1. The van der Waals surface area contributed by atoms with E-state index in [0.29, 0.717) is 5.69 Å². The molecule has 2 rings (SSSR count). The molecule has 0 aliphatic rings. The molecule has 6 heteroatoms. The van der Waals surface area contributed by atoms with Crippen LogP contribution in [-0.2, 0) is 11.2 Å². The fourth-order valence-electron chi connectivity index (χ4n) is 1.87. The highest BCUT2D eigenvalue weighted by atomic mass is 35.5. The molecule has 0 bridgehead atoms. The van der Waals surface area contributed by atoms with Crippen molar-refractivity contribution in [2.75, 3.05) is 5.32 Å². The molecule has 2 aromatic carbocycles. The summed E-state index contributed by atoms with van der Waals surface area (Å²) < 4.78 is 28.5. The number of rotatable bonds is 5. The minimum Gasteiger partial charge on any atom is -0.433 e.